The molecule has 0 radical (unpaired) electrons. The number of nitrogens with zero attached hydrogens (tertiary/aromatic N) is 1. The average molecular weight is 394 g/mol. The maximum Gasteiger partial charge on any atom is 0.330 e. The third kappa shape index (κ3) is 2.65. The van der Waals surface area contributed by atoms with Crippen molar-refractivity contribution in [2.45, 2.75) is 24.5 Å². The van der Waals surface area contributed by atoms with Crippen LogP contribution < -0.4 is 11.2 Å². The quantitative estimate of drug-likeness (QED) is 0.336. The van der Waals surface area contributed by atoms with Crippen molar-refractivity contribution in [3.8, 4) is 9.85 Å². The van der Waals surface area contributed by atoms with Crippen molar-refractivity contribution in [3.63, 3.8) is 0 Å². The van der Waals surface area contributed by atoms with Crippen molar-refractivity contribution in [2.75, 3.05) is 6.61 Å². The second kappa shape index (κ2) is 6.06. The van der Waals surface area contributed by atoms with E-state index in [0.29, 0.717) is 0 Å². The number of hydrogen-bond donors (Lipinski definition) is 4. The van der Waals surface area contributed by atoms with Crippen LogP contribution in [0.25, 0.3) is 0 Å². The second-order valence-electron chi connectivity index (χ2n) is 4.16. The molecule has 0 aliphatic carbocycles. The largest absolute Gasteiger partial charge is 0.394 e. The lowest BCUT2D eigenvalue weighted by Crippen LogP contribution is -2.38. The normalized spacial score (nSPS) is 29.0. The molecule has 1 aromatic heterocycles. The van der Waals surface area contributed by atoms with Gasteiger partial charge in [-0.1, -0.05) is 0 Å². The van der Waals surface area contributed by atoms with E-state index >= 15 is 0 Å². The summed E-state index contributed by atoms with van der Waals surface area (Å²) >= 11 is 1.74. The predicted molar refractivity (Wildman–Crippen MR) is 75.2 cm³/mol. The van der Waals surface area contributed by atoms with Crippen molar-refractivity contribution < 1.29 is 20.1 Å². The zero-order valence-corrected chi connectivity index (χ0v) is 12.1. The SMILES string of the molecule is O=c1[nH]c(=O)n([C@@H]2O[C@H](CO)[C@@H](O)[C@H]2O)cc1C#CI. The van der Waals surface area contributed by atoms with E-state index in [2.05, 4.69) is 9.85 Å². The maximum absolute atomic E-state index is 11.8. The molecule has 0 aromatic carbocycles. The standard InChI is InChI=1S/C11H11IN2O6/c12-2-1-5-3-14(11(19)13-9(5)18)10-8(17)7(16)6(4-15)20-10/h3,6-8,10,15-17H,4H2,(H,13,18,19)/t6-,7-,8-,10-/m1/s1. The van der Waals surface area contributed by atoms with Crippen LogP contribution >= 0.6 is 22.6 Å². The third-order valence-electron chi connectivity index (χ3n) is 2.94. The van der Waals surface area contributed by atoms with E-state index in [1.165, 1.54) is 0 Å². The van der Waals surface area contributed by atoms with Crippen LogP contribution in [-0.2, 0) is 4.74 Å². The van der Waals surface area contributed by atoms with Crippen LogP contribution in [0.1, 0.15) is 11.8 Å². The highest BCUT2D eigenvalue weighted by atomic mass is 127. The summed E-state index contributed by atoms with van der Waals surface area (Å²) < 4.78 is 8.64. The smallest absolute Gasteiger partial charge is 0.330 e. The van der Waals surface area contributed by atoms with Crippen LogP contribution in [0.4, 0.5) is 0 Å². The Balaban J connectivity index is 2.47. The molecule has 0 spiro atoms. The zero-order valence-electron chi connectivity index (χ0n) is 9.99. The van der Waals surface area contributed by atoms with E-state index in [1.807, 2.05) is 4.98 Å². The van der Waals surface area contributed by atoms with Crippen molar-refractivity contribution in [2.24, 2.45) is 0 Å². The molecule has 0 bridgehead atoms. The first-order chi connectivity index (χ1) is 9.49. The molecule has 9 heteroatoms. The summed E-state index contributed by atoms with van der Waals surface area (Å²) in [6.07, 6.45) is -3.80. The number of aliphatic hydroxyl groups is 3. The van der Waals surface area contributed by atoms with Crippen LogP contribution in [-0.4, -0.2) is 49.8 Å². The van der Waals surface area contributed by atoms with Crippen LogP contribution in [0.3, 0.4) is 0 Å². The Morgan fingerprint density at radius 1 is 1.40 bits per heavy atom. The monoisotopic (exact) mass is 394 g/mol. The number of hydrogen-bond acceptors (Lipinski definition) is 6. The van der Waals surface area contributed by atoms with Gasteiger partial charge in [-0.3, -0.25) is 14.3 Å². The van der Waals surface area contributed by atoms with Gasteiger partial charge in [0.15, 0.2) is 6.23 Å². The Kier molecular flexibility index (Phi) is 4.61. The Hall–Kier alpha value is -1.19. The van der Waals surface area contributed by atoms with Gasteiger partial charge in [0, 0.05) is 28.8 Å². The predicted octanol–water partition coefficient (Wildman–Crippen LogP) is -2.11. The van der Waals surface area contributed by atoms with Gasteiger partial charge in [-0.15, -0.1) is 0 Å². The van der Waals surface area contributed by atoms with E-state index in [1.54, 1.807) is 22.6 Å². The van der Waals surface area contributed by atoms with Gasteiger partial charge in [0.1, 0.15) is 23.9 Å². The summed E-state index contributed by atoms with van der Waals surface area (Å²) in [5.41, 5.74) is -1.43. The number of H-pyrrole nitrogens is 1. The van der Waals surface area contributed by atoms with Crippen LogP contribution in [0.2, 0.25) is 0 Å². The summed E-state index contributed by atoms with van der Waals surface area (Å²) in [5.74, 6) is 2.50. The molecule has 108 valence electrons. The van der Waals surface area contributed by atoms with E-state index in [9.17, 15) is 19.8 Å². The van der Waals surface area contributed by atoms with Gasteiger partial charge in [0.25, 0.3) is 5.56 Å². The minimum absolute atomic E-state index is 0.0248. The number of halogens is 1. The Morgan fingerprint density at radius 3 is 2.65 bits per heavy atom. The van der Waals surface area contributed by atoms with E-state index in [-0.39, 0.29) is 5.56 Å². The maximum atomic E-state index is 11.8. The first kappa shape index (κ1) is 15.2. The molecule has 1 aliphatic heterocycles. The van der Waals surface area contributed by atoms with Gasteiger partial charge in [-0.25, -0.2) is 4.79 Å². The number of rotatable bonds is 2. The molecule has 20 heavy (non-hydrogen) atoms. The van der Waals surface area contributed by atoms with Gasteiger partial charge in [-0.05, 0) is 9.85 Å². The fourth-order valence-electron chi connectivity index (χ4n) is 1.92. The molecule has 2 heterocycles. The summed E-state index contributed by atoms with van der Waals surface area (Å²) in [6.45, 7) is -0.507. The van der Waals surface area contributed by atoms with Crippen molar-refractivity contribution in [3.05, 3.63) is 32.6 Å². The lowest BCUT2D eigenvalue weighted by atomic mass is 10.1. The molecule has 1 saturated heterocycles. The van der Waals surface area contributed by atoms with Gasteiger partial charge in [0.05, 0.1) is 6.61 Å². The average Bonchev–Trinajstić information content (AvgIpc) is 2.70. The highest BCUT2D eigenvalue weighted by Gasteiger charge is 2.43. The fourth-order valence-corrected chi connectivity index (χ4v) is 2.21. The molecule has 1 aromatic rings. The number of nitrogens with one attached hydrogen (secondary N) is 1. The minimum atomic E-state index is -1.41. The molecular formula is C11H11IN2O6. The van der Waals surface area contributed by atoms with Crippen LogP contribution in [0.15, 0.2) is 15.8 Å². The zero-order chi connectivity index (χ0) is 14.9. The van der Waals surface area contributed by atoms with Crippen molar-refractivity contribution in [1.82, 2.24) is 9.55 Å². The van der Waals surface area contributed by atoms with E-state index < -0.39 is 42.4 Å². The molecule has 0 unspecified atom stereocenters. The number of aromatic nitrogens is 2. The molecule has 2 rings (SSSR count). The minimum Gasteiger partial charge on any atom is -0.394 e. The summed E-state index contributed by atoms with van der Waals surface area (Å²) in [5, 5.41) is 28.5. The highest BCUT2D eigenvalue weighted by molar-refractivity contribution is 14.1. The first-order valence-corrected chi connectivity index (χ1v) is 6.67. The fraction of sp³-hybridized carbons (Fsp3) is 0.455. The van der Waals surface area contributed by atoms with Gasteiger partial charge in [-0.2, -0.15) is 0 Å². The Labute approximate surface area is 126 Å². The summed E-state index contributed by atoms with van der Waals surface area (Å²) in [4.78, 5) is 25.3. The lowest BCUT2D eigenvalue weighted by molar-refractivity contribution is -0.0550. The van der Waals surface area contributed by atoms with Crippen molar-refractivity contribution in [1.29, 1.82) is 0 Å². The Morgan fingerprint density at radius 2 is 2.10 bits per heavy atom. The molecule has 4 N–H and O–H groups in total. The van der Waals surface area contributed by atoms with E-state index in [4.69, 9.17) is 9.84 Å². The van der Waals surface area contributed by atoms with Crippen LogP contribution in [0.5, 0.6) is 0 Å². The molecule has 1 aliphatic rings. The summed E-state index contributed by atoms with van der Waals surface area (Å²) in [7, 11) is 0. The number of aliphatic hydroxyl groups excluding tert-OH is 3. The number of aromatic amines is 1. The Bertz CT molecular complexity index is 672. The van der Waals surface area contributed by atoms with Crippen LogP contribution in [0, 0.1) is 9.85 Å². The van der Waals surface area contributed by atoms with Gasteiger partial charge in [0.2, 0.25) is 0 Å². The van der Waals surface area contributed by atoms with Gasteiger partial charge < -0.3 is 20.1 Å². The topological polar surface area (TPSA) is 125 Å². The number of ether oxygens (including phenoxy) is 1. The molecular weight excluding hydrogens is 383 g/mol. The second-order valence-corrected chi connectivity index (χ2v) is 4.70. The molecule has 0 amide bonds. The molecule has 1 fully saturated rings. The first-order valence-electron chi connectivity index (χ1n) is 5.59. The van der Waals surface area contributed by atoms with Crippen molar-refractivity contribution >= 4 is 22.6 Å². The van der Waals surface area contributed by atoms with Gasteiger partial charge >= 0.3 is 5.69 Å². The molecule has 0 saturated carbocycles. The molecule has 8 nitrogen and oxygen atoms in total. The summed E-state index contributed by atoms with van der Waals surface area (Å²) in [6, 6.07) is 0. The lowest BCUT2D eigenvalue weighted by Gasteiger charge is -2.17. The van der Waals surface area contributed by atoms with E-state index in [0.717, 1.165) is 10.8 Å². The molecule has 4 atom stereocenters. The third-order valence-corrected chi connectivity index (χ3v) is 3.21. The highest BCUT2D eigenvalue weighted by Crippen LogP contribution is 2.27.